The van der Waals surface area contributed by atoms with E-state index >= 15 is 0 Å². The van der Waals surface area contributed by atoms with Gasteiger partial charge in [0.15, 0.2) is 0 Å². The van der Waals surface area contributed by atoms with Crippen LogP contribution in [0.2, 0.25) is 0 Å². The Morgan fingerprint density at radius 3 is 2.84 bits per heavy atom. The second-order valence-electron chi connectivity index (χ2n) is 4.46. The summed E-state index contributed by atoms with van der Waals surface area (Å²) in [5, 5.41) is 6.63. The zero-order chi connectivity index (χ0) is 13.7. The molecule has 1 heterocycles. The van der Waals surface area contributed by atoms with Gasteiger partial charge in [0, 0.05) is 24.2 Å². The van der Waals surface area contributed by atoms with E-state index in [1.165, 1.54) is 0 Å². The van der Waals surface area contributed by atoms with Crippen LogP contribution in [0.15, 0.2) is 40.9 Å². The highest BCUT2D eigenvalue weighted by molar-refractivity contribution is 5.92. The fourth-order valence-corrected chi connectivity index (χ4v) is 1.63. The molecule has 1 aromatic carbocycles. The van der Waals surface area contributed by atoms with E-state index in [1.807, 2.05) is 37.3 Å². The van der Waals surface area contributed by atoms with Gasteiger partial charge in [-0.3, -0.25) is 4.79 Å². The quantitative estimate of drug-likeness (QED) is 0.858. The molecule has 3 N–H and O–H groups in total. The molecule has 1 unspecified atom stereocenters. The van der Waals surface area contributed by atoms with Crippen molar-refractivity contribution in [3.8, 4) is 11.3 Å². The van der Waals surface area contributed by atoms with Crippen LogP contribution in [0.25, 0.3) is 11.3 Å². The maximum atomic E-state index is 11.8. The molecule has 0 saturated carbocycles. The maximum absolute atomic E-state index is 11.8. The minimum atomic E-state index is -0.268. The van der Waals surface area contributed by atoms with Gasteiger partial charge < -0.3 is 15.6 Å². The summed E-state index contributed by atoms with van der Waals surface area (Å²) >= 11 is 0. The van der Waals surface area contributed by atoms with Crippen molar-refractivity contribution < 1.29 is 9.32 Å². The molecule has 0 bridgehead atoms. The Hall–Kier alpha value is -2.14. The minimum absolute atomic E-state index is 0.0647. The Balaban J connectivity index is 1.99. The van der Waals surface area contributed by atoms with Crippen molar-refractivity contribution in [2.24, 2.45) is 5.73 Å². The topological polar surface area (TPSA) is 81.1 Å². The Labute approximate surface area is 111 Å². The monoisotopic (exact) mass is 259 g/mol. The fraction of sp³-hybridized carbons (Fsp3) is 0.286. The molecule has 2 rings (SSSR count). The van der Waals surface area contributed by atoms with Crippen LogP contribution in [0, 0.1) is 0 Å². The first-order chi connectivity index (χ1) is 9.16. The van der Waals surface area contributed by atoms with Crippen LogP contribution in [0.5, 0.6) is 0 Å². The summed E-state index contributed by atoms with van der Waals surface area (Å²) in [4.78, 5) is 11.8. The number of nitrogens with one attached hydrogen (secondary N) is 1. The zero-order valence-electron chi connectivity index (χ0n) is 10.8. The van der Waals surface area contributed by atoms with Crippen LogP contribution in [0.1, 0.15) is 23.9 Å². The standard InChI is InChI=1S/C14H17N3O2/c1-10(15)7-8-16-14(18)13-9-12(17-19-13)11-5-3-2-4-6-11/h2-6,9-10H,7-8,15H2,1H3,(H,16,18). The lowest BCUT2D eigenvalue weighted by Gasteiger charge is -2.04. The van der Waals surface area contributed by atoms with Gasteiger partial charge in [-0.15, -0.1) is 0 Å². The van der Waals surface area contributed by atoms with Crippen LogP contribution >= 0.6 is 0 Å². The second kappa shape index (κ2) is 6.15. The third-order valence-corrected chi connectivity index (χ3v) is 2.69. The first-order valence-corrected chi connectivity index (χ1v) is 6.22. The number of hydrogen-bond acceptors (Lipinski definition) is 4. The Kier molecular flexibility index (Phi) is 4.30. The molecule has 0 fully saturated rings. The highest BCUT2D eigenvalue weighted by Gasteiger charge is 2.13. The molecular weight excluding hydrogens is 242 g/mol. The number of nitrogens with two attached hydrogens (primary N) is 1. The van der Waals surface area contributed by atoms with Gasteiger partial charge in [0.05, 0.1) is 0 Å². The summed E-state index contributed by atoms with van der Waals surface area (Å²) in [6.07, 6.45) is 0.728. The molecule has 100 valence electrons. The summed E-state index contributed by atoms with van der Waals surface area (Å²) in [5.74, 6) is -0.0566. The van der Waals surface area contributed by atoms with Crippen molar-refractivity contribution in [2.45, 2.75) is 19.4 Å². The van der Waals surface area contributed by atoms with E-state index in [2.05, 4.69) is 10.5 Å². The third kappa shape index (κ3) is 3.66. The van der Waals surface area contributed by atoms with Gasteiger partial charge in [0.2, 0.25) is 5.76 Å². The smallest absolute Gasteiger partial charge is 0.289 e. The molecule has 0 aliphatic carbocycles. The molecule has 1 aromatic heterocycles. The lowest BCUT2D eigenvalue weighted by atomic mass is 10.1. The maximum Gasteiger partial charge on any atom is 0.289 e. The molecule has 5 nitrogen and oxygen atoms in total. The molecule has 1 amide bonds. The molecule has 1 atom stereocenters. The average Bonchev–Trinajstić information content (AvgIpc) is 2.89. The second-order valence-corrected chi connectivity index (χ2v) is 4.46. The predicted octanol–water partition coefficient (Wildman–Crippen LogP) is 1.81. The van der Waals surface area contributed by atoms with Gasteiger partial charge in [-0.2, -0.15) is 0 Å². The number of rotatable bonds is 5. The largest absolute Gasteiger partial charge is 0.350 e. The summed E-state index contributed by atoms with van der Waals surface area (Å²) in [5.41, 5.74) is 7.18. The van der Waals surface area contributed by atoms with Crippen molar-refractivity contribution in [3.05, 3.63) is 42.2 Å². The first-order valence-electron chi connectivity index (χ1n) is 6.22. The van der Waals surface area contributed by atoms with Crippen molar-refractivity contribution >= 4 is 5.91 Å². The first kappa shape index (κ1) is 13.3. The predicted molar refractivity (Wildman–Crippen MR) is 72.5 cm³/mol. The van der Waals surface area contributed by atoms with E-state index in [1.54, 1.807) is 6.07 Å². The molecule has 2 aromatic rings. The summed E-state index contributed by atoms with van der Waals surface area (Å²) < 4.78 is 5.05. The van der Waals surface area contributed by atoms with E-state index in [0.29, 0.717) is 12.2 Å². The Bertz CT molecular complexity index is 535. The normalized spacial score (nSPS) is 12.1. The third-order valence-electron chi connectivity index (χ3n) is 2.69. The van der Waals surface area contributed by atoms with Crippen LogP contribution in [0.3, 0.4) is 0 Å². The molecule has 0 aliphatic rings. The summed E-state index contributed by atoms with van der Waals surface area (Å²) in [6, 6.07) is 11.3. The molecule has 0 spiro atoms. The van der Waals surface area contributed by atoms with E-state index in [-0.39, 0.29) is 17.7 Å². The van der Waals surface area contributed by atoms with Crippen molar-refractivity contribution in [1.82, 2.24) is 10.5 Å². The summed E-state index contributed by atoms with van der Waals surface area (Å²) in [6.45, 7) is 2.42. The van der Waals surface area contributed by atoms with E-state index in [9.17, 15) is 4.79 Å². The number of carbonyl (C=O) groups excluding carboxylic acids is 1. The van der Waals surface area contributed by atoms with E-state index in [4.69, 9.17) is 10.3 Å². The van der Waals surface area contributed by atoms with E-state index in [0.717, 1.165) is 12.0 Å². The van der Waals surface area contributed by atoms with Crippen molar-refractivity contribution in [3.63, 3.8) is 0 Å². The molecular formula is C14H17N3O2. The zero-order valence-corrected chi connectivity index (χ0v) is 10.8. The van der Waals surface area contributed by atoms with Crippen LogP contribution in [-0.2, 0) is 0 Å². The Morgan fingerprint density at radius 1 is 1.42 bits per heavy atom. The van der Waals surface area contributed by atoms with Gasteiger partial charge >= 0.3 is 0 Å². The molecule has 19 heavy (non-hydrogen) atoms. The average molecular weight is 259 g/mol. The van der Waals surface area contributed by atoms with Crippen LogP contribution in [-0.4, -0.2) is 23.7 Å². The van der Waals surface area contributed by atoms with Gasteiger partial charge in [0.1, 0.15) is 5.69 Å². The number of aromatic nitrogens is 1. The highest BCUT2D eigenvalue weighted by atomic mass is 16.5. The lowest BCUT2D eigenvalue weighted by molar-refractivity contribution is 0.0916. The van der Waals surface area contributed by atoms with Crippen LogP contribution in [0.4, 0.5) is 0 Å². The number of hydrogen-bond donors (Lipinski definition) is 2. The Morgan fingerprint density at radius 2 is 2.16 bits per heavy atom. The number of amides is 1. The van der Waals surface area contributed by atoms with Crippen molar-refractivity contribution in [1.29, 1.82) is 0 Å². The number of benzene rings is 1. The number of nitrogens with zero attached hydrogens (tertiary/aromatic N) is 1. The lowest BCUT2D eigenvalue weighted by Crippen LogP contribution is -2.28. The highest BCUT2D eigenvalue weighted by Crippen LogP contribution is 2.18. The molecule has 0 saturated heterocycles. The summed E-state index contributed by atoms with van der Waals surface area (Å²) in [7, 11) is 0. The SMILES string of the molecule is CC(N)CCNC(=O)c1cc(-c2ccccc2)no1. The molecule has 0 radical (unpaired) electrons. The molecule has 0 aliphatic heterocycles. The van der Waals surface area contributed by atoms with Gasteiger partial charge in [-0.05, 0) is 13.3 Å². The number of carbonyl (C=O) groups is 1. The van der Waals surface area contributed by atoms with Gasteiger partial charge in [-0.25, -0.2) is 0 Å². The fourth-order valence-electron chi connectivity index (χ4n) is 1.63. The van der Waals surface area contributed by atoms with Crippen molar-refractivity contribution in [2.75, 3.05) is 6.54 Å². The van der Waals surface area contributed by atoms with Gasteiger partial charge in [-0.1, -0.05) is 35.5 Å². The molecule has 5 heteroatoms. The van der Waals surface area contributed by atoms with E-state index < -0.39 is 0 Å². The van der Waals surface area contributed by atoms with Crippen LogP contribution < -0.4 is 11.1 Å². The van der Waals surface area contributed by atoms with Gasteiger partial charge in [0.25, 0.3) is 5.91 Å². The minimum Gasteiger partial charge on any atom is -0.350 e.